The van der Waals surface area contributed by atoms with E-state index in [0.29, 0.717) is 24.5 Å². The van der Waals surface area contributed by atoms with Gasteiger partial charge in [-0.2, -0.15) is 0 Å². The Hall–Kier alpha value is -1.86. The van der Waals surface area contributed by atoms with E-state index in [1.54, 1.807) is 6.07 Å². The first kappa shape index (κ1) is 18.9. The molecule has 0 radical (unpaired) electrons. The van der Waals surface area contributed by atoms with Crippen LogP contribution in [0.3, 0.4) is 0 Å². The van der Waals surface area contributed by atoms with Gasteiger partial charge >= 0.3 is 6.09 Å². The summed E-state index contributed by atoms with van der Waals surface area (Å²) in [6.45, 7) is 6.72. The molecule has 3 atom stereocenters. The maximum absolute atomic E-state index is 14.2. The minimum atomic E-state index is -1.14. The molecule has 26 heavy (non-hydrogen) atoms. The summed E-state index contributed by atoms with van der Waals surface area (Å²) >= 11 is 0. The fourth-order valence-electron chi connectivity index (χ4n) is 4.21. The van der Waals surface area contributed by atoms with E-state index in [9.17, 15) is 19.4 Å². The monoisotopic (exact) mass is 367 g/mol. The molecule has 0 bridgehead atoms. The molecule has 0 aromatic heterocycles. The molecule has 3 rings (SSSR count). The number of ether oxygens (including phenoxy) is 2. The topological polar surface area (TPSA) is 79.2 Å². The summed E-state index contributed by atoms with van der Waals surface area (Å²) in [5, 5.41) is 20.1. The van der Waals surface area contributed by atoms with Gasteiger partial charge in [-0.3, -0.25) is 4.90 Å². The Bertz CT molecular complexity index is 683. The van der Waals surface area contributed by atoms with Crippen LogP contribution in [0.1, 0.15) is 39.2 Å². The minimum absolute atomic E-state index is 0.0188. The van der Waals surface area contributed by atoms with Crippen LogP contribution in [-0.2, 0) is 10.3 Å². The molecule has 2 aliphatic heterocycles. The van der Waals surface area contributed by atoms with Crippen molar-refractivity contribution in [2.24, 2.45) is 5.41 Å². The molecule has 0 aliphatic carbocycles. The smallest absolute Gasteiger partial charge is 0.408 e. The van der Waals surface area contributed by atoms with E-state index in [1.165, 1.54) is 17.0 Å². The summed E-state index contributed by atoms with van der Waals surface area (Å²) in [4.78, 5) is 13.2. The van der Waals surface area contributed by atoms with Crippen LogP contribution < -0.4 is 4.74 Å². The zero-order valence-electron chi connectivity index (χ0n) is 15.4. The minimum Gasteiger partial charge on any atom is -0.488 e. The average Bonchev–Trinajstić information content (AvgIpc) is 3.16. The third kappa shape index (κ3) is 3.14. The molecule has 2 N–H and O–H groups in total. The number of β-amino-alcohol motifs (C(OH)–C–C–N with tert-alkyl or cyclic N) is 1. The number of rotatable bonds is 3. The molecule has 2 heterocycles. The number of aliphatic hydroxyl groups excluding tert-OH is 1. The Balaban J connectivity index is 2.15. The van der Waals surface area contributed by atoms with E-state index in [2.05, 4.69) is 0 Å². The number of hydrogen-bond donors (Lipinski definition) is 2. The number of benzene rings is 1. The van der Waals surface area contributed by atoms with Gasteiger partial charge in [0.05, 0.1) is 31.4 Å². The number of nitrogens with zero attached hydrogens (tertiary/aromatic N) is 1. The lowest BCUT2D eigenvalue weighted by Gasteiger charge is -2.47. The lowest BCUT2D eigenvalue weighted by atomic mass is 9.67. The van der Waals surface area contributed by atoms with E-state index in [1.807, 2.05) is 20.8 Å². The molecule has 7 heteroatoms. The van der Waals surface area contributed by atoms with E-state index in [0.717, 1.165) is 6.42 Å². The van der Waals surface area contributed by atoms with Crippen LogP contribution in [0.2, 0.25) is 0 Å². The summed E-state index contributed by atoms with van der Waals surface area (Å²) in [6.07, 6.45) is -1.21. The van der Waals surface area contributed by atoms with Crippen molar-refractivity contribution in [3.8, 4) is 5.75 Å². The van der Waals surface area contributed by atoms with Crippen LogP contribution in [-0.4, -0.2) is 53.2 Å². The molecule has 2 saturated heterocycles. The zero-order chi connectivity index (χ0) is 19.1. The highest BCUT2D eigenvalue weighted by Gasteiger charge is 2.57. The number of hydrogen-bond acceptors (Lipinski definition) is 4. The largest absolute Gasteiger partial charge is 0.488 e. The Labute approximate surface area is 152 Å². The van der Waals surface area contributed by atoms with Crippen LogP contribution in [0, 0.1) is 11.2 Å². The highest BCUT2D eigenvalue weighted by molar-refractivity contribution is 5.68. The van der Waals surface area contributed by atoms with Gasteiger partial charge in [0, 0.05) is 18.4 Å². The molecule has 6 nitrogen and oxygen atoms in total. The maximum Gasteiger partial charge on any atom is 0.408 e. The summed E-state index contributed by atoms with van der Waals surface area (Å²) in [7, 11) is 0. The van der Waals surface area contributed by atoms with Crippen molar-refractivity contribution in [3.63, 3.8) is 0 Å². The number of amides is 1. The van der Waals surface area contributed by atoms with Gasteiger partial charge in [-0.05, 0) is 23.6 Å². The third-order valence-electron chi connectivity index (χ3n) is 5.43. The van der Waals surface area contributed by atoms with Gasteiger partial charge in [0.1, 0.15) is 17.7 Å². The van der Waals surface area contributed by atoms with Crippen molar-refractivity contribution >= 4 is 6.09 Å². The molecule has 2 fully saturated rings. The second-order valence-electron chi connectivity index (χ2n) is 8.11. The first-order chi connectivity index (χ1) is 12.1. The molecule has 2 unspecified atom stereocenters. The molecule has 1 aromatic carbocycles. The Morgan fingerprint density at radius 3 is 2.73 bits per heavy atom. The van der Waals surface area contributed by atoms with Crippen molar-refractivity contribution in [1.29, 1.82) is 0 Å². The van der Waals surface area contributed by atoms with Crippen LogP contribution in [0.5, 0.6) is 5.75 Å². The van der Waals surface area contributed by atoms with Crippen molar-refractivity contribution < 1.29 is 28.9 Å². The fraction of sp³-hybridized carbons (Fsp3) is 0.632. The van der Waals surface area contributed by atoms with Gasteiger partial charge in [-0.1, -0.05) is 20.8 Å². The van der Waals surface area contributed by atoms with Crippen LogP contribution in [0.25, 0.3) is 0 Å². The normalized spacial score (nSPS) is 29.2. The third-order valence-corrected chi connectivity index (χ3v) is 5.43. The standard InChI is InChI=1S/C19H26FNO5/c1-18(2,3)19(9-13(22)10-21(19)17(23)24)15-8-12(20)4-5-16(15)26-14-6-7-25-11-14/h4-5,8,13-14,22H,6-7,9-11H2,1-3H3,(H,23,24)/t13?,14?,19-/m0/s1. The Morgan fingerprint density at radius 1 is 1.42 bits per heavy atom. The Kier molecular flexibility index (Phi) is 4.88. The lowest BCUT2D eigenvalue weighted by molar-refractivity contribution is 0.0234. The first-order valence-electron chi connectivity index (χ1n) is 8.88. The van der Waals surface area contributed by atoms with Gasteiger partial charge in [0.15, 0.2) is 0 Å². The van der Waals surface area contributed by atoms with Gasteiger partial charge in [0.25, 0.3) is 0 Å². The summed E-state index contributed by atoms with van der Waals surface area (Å²) in [5.41, 5.74) is -1.24. The molecule has 1 aromatic rings. The van der Waals surface area contributed by atoms with E-state index < -0.39 is 29.0 Å². The zero-order valence-corrected chi connectivity index (χ0v) is 15.4. The second kappa shape index (κ2) is 6.70. The van der Waals surface area contributed by atoms with Crippen LogP contribution in [0.15, 0.2) is 18.2 Å². The summed E-state index contributed by atoms with van der Waals surface area (Å²) < 4.78 is 25.6. The number of carbonyl (C=O) groups is 1. The maximum atomic E-state index is 14.2. The molecule has 2 aliphatic rings. The number of likely N-dealkylation sites (tertiary alicyclic amines) is 1. The summed E-state index contributed by atoms with van der Waals surface area (Å²) in [5.74, 6) is -0.0254. The number of halogens is 1. The molecule has 144 valence electrons. The van der Waals surface area contributed by atoms with Gasteiger partial charge in [-0.25, -0.2) is 9.18 Å². The van der Waals surface area contributed by atoms with Crippen LogP contribution in [0.4, 0.5) is 9.18 Å². The van der Waals surface area contributed by atoms with Crippen LogP contribution >= 0.6 is 0 Å². The van der Waals surface area contributed by atoms with E-state index in [4.69, 9.17) is 9.47 Å². The van der Waals surface area contributed by atoms with E-state index >= 15 is 0 Å². The van der Waals surface area contributed by atoms with Crippen molar-refractivity contribution in [2.75, 3.05) is 19.8 Å². The van der Waals surface area contributed by atoms with Crippen molar-refractivity contribution in [1.82, 2.24) is 4.90 Å². The quantitative estimate of drug-likeness (QED) is 0.859. The predicted molar refractivity (Wildman–Crippen MR) is 92.7 cm³/mol. The van der Waals surface area contributed by atoms with Gasteiger partial charge < -0.3 is 19.7 Å². The fourth-order valence-corrected chi connectivity index (χ4v) is 4.21. The second-order valence-corrected chi connectivity index (χ2v) is 8.11. The molecule has 0 spiro atoms. The molecule has 0 saturated carbocycles. The first-order valence-corrected chi connectivity index (χ1v) is 8.88. The molecular formula is C19H26FNO5. The molecule has 1 amide bonds. The number of carboxylic acid groups (broad SMARTS) is 1. The highest BCUT2D eigenvalue weighted by Crippen LogP contribution is 2.54. The van der Waals surface area contributed by atoms with Gasteiger partial charge in [0.2, 0.25) is 0 Å². The average molecular weight is 367 g/mol. The van der Waals surface area contributed by atoms with Gasteiger partial charge in [-0.15, -0.1) is 0 Å². The Morgan fingerprint density at radius 2 is 2.15 bits per heavy atom. The number of aliphatic hydroxyl groups is 1. The summed E-state index contributed by atoms with van der Waals surface area (Å²) in [6, 6.07) is 4.19. The SMILES string of the molecule is CC(C)(C)[C@@]1(c2cc(F)ccc2OC2CCOC2)CC(O)CN1C(=O)O. The van der Waals surface area contributed by atoms with Crippen molar-refractivity contribution in [2.45, 2.75) is 51.4 Å². The predicted octanol–water partition coefficient (Wildman–Crippen LogP) is 2.98. The van der Waals surface area contributed by atoms with E-state index in [-0.39, 0.29) is 19.1 Å². The van der Waals surface area contributed by atoms with Crippen molar-refractivity contribution in [3.05, 3.63) is 29.6 Å². The highest BCUT2D eigenvalue weighted by atomic mass is 19.1. The lowest BCUT2D eigenvalue weighted by Crippen LogP contribution is -2.53. The molecular weight excluding hydrogens is 341 g/mol.